The molecular weight excluding hydrogens is 156 g/mol. The van der Waals surface area contributed by atoms with Crippen molar-refractivity contribution in [3.63, 3.8) is 0 Å². The van der Waals surface area contributed by atoms with Crippen LogP contribution in [0.3, 0.4) is 0 Å². The number of hydrogen-bond donors (Lipinski definition) is 0. The molecule has 0 aliphatic heterocycles. The molecule has 0 spiro atoms. The first-order valence-electron chi connectivity index (χ1n) is 4.22. The second-order valence-electron chi connectivity index (χ2n) is 3.44. The summed E-state index contributed by atoms with van der Waals surface area (Å²) < 4.78 is 10.1. The van der Waals surface area contributed by atoms with Crippen LogP contribution in [0.1, 0.15) is 27.7 Å². The first kappa shape index (κ1) is 11.4. The van der Waals surface area contributed by atoms with Crippen LogP contribution in [-0.4, -0.2) is 19.4 Å². The van der Waals surface area contributed by atoms with Crippen LogP contribution >= 0.6 is 0 Å². The Balaban J connectivity index is 3.94. The molecule has 0 aliphatic carbocycles. The Kier molecular flexibility index (Phi) is 4.90. The minimum absolute atomic E-state index is 0.0959. The van der Waals surface area contributed by atoms with Crippen molar-refractivity contribution in [2.24, 2.45) is 11.8 Å². The Hall–Kier alpha value is -0.570. The van der Waals surface area contributed by atoms with Gasteiger partial charge in [-0.3, -0.25) is 4.79 Å². The van der Waals surface area contributed by atoms with Crippen LogP contribution in [0.2, 0.25) is 0 Å². The summed E-state index contributed by atoms with van der Waals surface area (Å²) in [6.45, 7) is 7.49. The van der Waals surface area contributed by atoms with Gasteiger partial charge in [-0.1, -0.05) is 27.7 Å². The van der Waals surface area contributed by atoms with Gasteiger partial charge in [0, 0.05) is 13.0 Å². The molecule has 0 saturated carbocycles. The van der Waals surface area contributed by atoms with E-state index in [1.165, 1.54) is 7.11 Å². The van der Waals surface area contributed by atoms with Gasteiger partial charge in [-0.05, 0) is 0 Å². The first-order chi connectivity index (χ1) is 5.49. The van der Waals surface area contributed by atoms with E-state index in [9.17, 15) is 4.79 Å². The second-order valence-corrected chi connectivity index (χ2v) is 3.44. The third kappa shape index (κ3) is 3.72. The van der Waals surface area contributed by atoms with E-state index >= 15 is 0 Å². The number of ether oxygens (including phenoxy) is 2. The number of esters is 1. The van der Waals surface area contributed by atoms with E-state index in [2.05, 4.69) is 0 Å². The van der Waals surface area contributed by atoms with Crippen molar-refractivity contribution in [2.75, 3.05) is 7.11 Å². The zero-order valence-corrected chi connectivity index (χ0v) is 8.46. The standard InChI is InChI=1S/C9H18O3/c1-6(2)8(10)12-9(11-5)7(3)4/h6-7,9H,1-5H3. The fraction of sp³-hybridized carbons (Fsp3) is 0.889. The van der Waals surface area contributed by atoms with E-state index in [-0.39, 0.29) is 17.8 Å². The summed E-state index contributed by atoms with van der Waals surface area (Å²) in [4.78, 5) is 11.1. The minimum atomic E-state index is -0.417. The van der Waals surface area contributed by atoms with Crippen LogP contribution in [0.15, 0.2) is 0 Å². The summed E-state index contributed by atoms with van der Waals surface area (Å²) in [7, 11) is 1.54. The largest absolute Gasteiger partial charge is 0.435 e. The molecule has 0 radical (unpaired) electrons. The Morgan fingerprint density at radius 2 is 1.67 bits per heavy atom. The summed E-state index contributed by atoms with van der Waals surface area (Å²) in [5, 5.41) is 0. The van der Waals surface area contributed by atoms with Gasteiger partial charge in [-0.15, -0.1) is 0 Å². The van der Waals surface area contributed by atoms with Gasteiger partial charge in [0.05, 0.1) is 5.92 Å². The predicted octanol–water partition coefficient (Wildman–Crippen LogP) is 1.81. The molecule has 0 heterocycles. The van der Waals surface area contributed by atoms with Gasteiger partial charge in [0.25, 0.3) is 0 Å². The lowest BCUT2D eigenvalue weighted by Crippen LogP contribution is -2.27. The summed E-state index contributed by atoms with van der Waals surface area (Å²) in [5.41, 5.74) is 0. The molecule has 0 N–H and O–H groups in total. The molecular formula is C9H18O3. The highest BCUT2D eigenvalue weighted by molar-refractivity contribution is 5.71. The molecule has 0 rings (SSSR count). The van der Waals surface area contributed by atoms with Crippen LogP contribution in [0.4, 0.5) is 0 Å². The molecule has 72 valence electrons. The average Bonchev–Trinajstić information content (AvgIpc) is 1.98. The fourth-order valence-corrected chi connectivity index (χ4v) is 0.707. The highest BCUT2D eigenvalue weighted by Gasteiger charge is 2.18. The van der Waals surface area contributed by atoms with Gasteiger partial charge >= 0.3 is 5.97 Å². The molecule has 0 bridgehead atoms. The van der Waals surface area contributed by atoms with E-state index in [0.717, 1.165) is 0 Å². The Labute approximate surface area is 74.0 Å². The molecule has 0 aromatic carbocycles. The van der Waals surface area contributed by atoms with Gasteiger partial charge in [0.2, 0.25) is 6.29 Å². The van der Waals surface area contributed by atoms with Gasteiger partial charge in [-0.2, -0.15) is 0 Å². The molecule has 3 heteroatoms. The highest BCUT2D eigenvalue weighted by Crippen LogP contribution is 2.09. The number of rotatable bonds is 4. The topological polar surface area (TPSA) is 35.5 Å². The molecule has 3 nitrogen and oxygen atoms in total. The second kappa shape index (κ2) is 5.14. The number of methoxy groups -OCH3 is 1. The average molecular weight is 174 g/mol. The van der Waals surface area contributed by atoms with Gasteiger partial charge in [0.15, 0.2) is 0 Å². The smallest absolute Gasteiger partial charge is 0.310 e. The first-order valence-corrected chi connectivity index (χ1v) is 4.22. The number of carbonyl (C=O) groups excluding carboxylic acids is 1. The van der Waals surface area contributed by atoms with Crippen LogP contribution in [-0.2, 0) is 14.3 Å². The Morgan fingerprint density at radius 3 is 1.92 bits per heavy atom. The summed E-state index contributed by atoms with van der Waals surface area (Å²) in [6, 6.07) is 0. The van der Waals surface area contributed by atoms with Gasteiger partial charge < -0.3 is 9.47 Å². The van der Waals surface area contributed by atoms with Crippen molar-refractivity contribution < 1.29 is 14.3 Å². The van der Waals surface area contributed by atoms with Crippen molar-refractivity contribution in [2.45, 2.75) is 34.0 Å². The van der Waals surface area contributed by atoms with Gasteiger partial charge in [0.1, 0.15) is 0 Å². The quantitative estimate of drug-likeness (QED) is 0.481. The Morgan fingerprint density at radius 1 is 1.17 bits per heavy atom. The summed E-state index contributed by atoms with van der Waals surface area (Å²) in [6.07, 6.45) is -0.417. The minimum Gasteiger partial charge on any atom is -0.435 e. The number of carbonyl (C=O) groups is 1. The molecule has 0 aromatic rings. The molecule has 0 aromatic heterocycles. The number of hydrogen-bond acceptors (Lipinski definition) is 3. The van der Waals surface area contributed by atoms with Crippen molar-refractivity contribution in [3.8, 4) is 0 Å². The monoisotopic (exact) mass is 174 g/mol. The van der Waals surface area contributed by atoms with E-state index in [0.29, 0.717) is 0 Å². The molecule has 12 heavy (non-hydrogen) atoms. The summed E-state index contributed by atoms with van der Waals surface area (Å²) >= 11 is 0. The van der Waals surface area contributed by atoms with Crippen LogP contribution in [0, 0.1) is 11.8 Å². The molecule has 1 unspecified atom stereocenters. The van der Waals surface area contributed by atoms with Crippen LogP contribution in [0.5, 0.6) is 0 Å². The lowest BCUT2D eigenvalue weighted by molar-refractivity contribution is -0.185. The lowest BCUT2D eigenvalue weighted by atomic mass is 10.2. The predicted molar refractivity (Wildman–Crippen MR) is 46.6 cm³/mol. The normalized spacial score (nSPS) is 13.6. The maximum atomic E-state index is 11.1. The van der Waals surface area contributed by atoms with Crippen LogP contribution in [0.25, 0.3) is 0 Å². The van der Waals surface area contributed by atoms with Crippen molar-refractivity contribution in [3.05, 3.63) is 0 Å². The van der Waals surface area contributed by atoms with Gasteiger partial charge in [-0.25, -0.2) is 0 Å². The molecule has 0 saturated heterocycles. The highest BCUT2D eigenvalue weighted by atomic mass is 16.7. The Bertz CT molecular complexity index is 141. The third-order valence-electron chi connectivity index (χ3n) is 1.48. The molecule has 0 aliphatic rings. The maximum Gasteiger partial charge on any atom is 0.310 e. The summed E-state index contributed by atoms with van der Waals surface area (Å²) in [5.74, 6) is -0.116. The molecule has 1 atom stereocenters. The van der Waals surface area contributed by atoms with E-state index in [1.807, 2.05) is 13.8 Å². The molecule has 0 amide bonds. The van der Waals surface area contributed by atoms with Crippen molar-refractivity contribution in [1.29, 1.82) is 0 Å². The van der Waals surface area contributed by atoms with E-state index in [4.69, 9.17) is 9.47 Å². The molecule has 0 fully saturated rings. The lowest BCUT2D eigenvalue weighted by Gasteiger charge is -2.20. The van der Waals surface area contributed by atoms with Crippen LogP contribution < -0.4 is 0 Å². The third-order valence-corrected chi connectivity index (χ3v) is 1.48. The SMILES string of the molecule is COC(OC(=O)C(C)C)C(C)C. The van der Waals surface area contributed by atoms with Crippen molar-refractivity contribution in [1.82, 2.24) is 0 Å². The van der Waals surface area contributed by atoms with E-state index < -0.39 is 6.29 Å². The van der Waals surface area contributed by atoms with E-state index in [1.54, 1.807) is 13.8 Å². The maximum absolute atomic E-state index is 11.1. The zero-order valence-electron chi connectivity index (χ0n) is 8.46. The van der Waals surface area contributed by atoms with Crippen molar-refractivity contribution >= 4 is 5.97 Å². The fourth-order valence-electron chi connectivity index (χ4n) is 0.707. The zero-order chi connectivity index (χ0) is 9.72.